The number of hydrogen-bond donors (Lipinski definition) is 3. The Bertz CT molecular complexity index is 579. The van der Waals surface area contributed by atoms with Gasteiger partial charge in [0, 0.05) is 19.6 Å². The van der Waals surface area contributed by atoms with Crippen LogP contribution in [0.4, 0.5) is 13.2 Å². The van der Waals surface area contributed by atoms with E-state index < -0.39 is 18.3 Å². The highest BCUT2D eigenvalue weighted by Gasteiger charge is 2.34. The van der Waals surface area contributed by atoms with E-state index in [9.17, 15) is 18.3 Å². The first-order chi connectivity index (χ1) is 12.2. The Morgan fingerprint density at radius 1 is 1.41 bits per heavy atom. The number of guanidine groups is 1. The molecule has 2 unspecified atom stereocenters. The van der Waals surface area contributed by atoms with Gasteiger partial charge < -0.3 is 20.2 Å². The molecule has 0 aliphatic carbocycles. The number of aliphatic imine (C=N–C) groups is 1. The molecule has 1 aromatic heterocycles. The monoisotopic (exact) mass is 504 g/mol. The number of hydrogen-bond acceptors (Lipinski definition) is 4. The lowest BCUT2D eigenvalue weighted by molar-refractivity contribution is -0.143. The van der Waals surface area contributed by atoms with Gasteiger partial charge >= 0.3 is 6.18 Å². The van der Waals surface area contributed by atoms with E-state index in [1.807, 2.05) is 6.92 Å². The van der Waals surface area contributed by atoms with Gasteiger partial charge in [0.2, 0.25) is 0 Å². The Kier molecular flexibility index (Phi) is 9.35. The van der Waals surface area contributed by atoms with E-state index >= 15 is 0 Å². The number of aliphatic hydroxyl groups is 1. The zero-order chi connectivity index (χ0) is 19.2. The largest absolute Gasteiger partial charge is 0.466 e. The third kappa shape index (κ3) is 8.26. The fourth-order valence-corrected chi connectivity index (χ4v) is 2.96. The number of nitrogens with zero attached hydrogens (tertiary/aromatic N) is 2. The molecule has 0 radical (unpaired) electrons. The van der Waals surface area contributed by atoms with E-state index in [-0.39, 0.29) is 36.4 Å². The van der Waals surface area contributed by atoms with Crippen LogP contribution < -0.4 is 10.6 Å². The molecule has 0 saturated carbocycles. The van der Waals surface area contributed by atoms with Crippen LogP contribution in [-0.2, 0) is 5.60 Å². The minimum absolute atomic E-state index is 0. The highest BCUT2D eigenvalue weighted by molar-refractivity contribution is 14.0. The Morgan fingerprint density at radius 2 is 2.15 bits per heavy atom. The first kappa shape index (κ1) is 24.0. The van der Waals surface area contributed by atoms with Crippen LogP contribution in [0.5, 0.6) is 0 Å². The normalized spacial score (nSPS) is 20.8. The van der Waals surface area contributed by atoms with Crippen molar-refractivity contribution in [3.63, 3.8) is 0 Å². The molecule has 0 aromatic carbocycles. The molecule has 2 rings (SSSR count). The molecule has 1 saturated heterocycles. The summed E-state index contributed by atoms with van der Waals surface area (Å²) in [5, 5.41) is 16.7. The molecule has 1 aliphatic heterocycles. The third-order valence-electron chi connectivity index (χ3n) is 4.27. The summed E-state index contributed by atoms with van der Waals surface area (Å²) in [5.41, 5.74) is -1.23. The van der Waals surface area contributed by atoms with Crippen LogP contribution in [0, 0.1) is 5.92 Å². The summed E-state index contributed by atoms with van der Waals surface area (Å²) in [4.78, 5) is 5.80. The van der Waals surface area contributed by atoms with Crippen molar-refractivity contribution in [2.75, 3.05) is 39.3 Å². The van der Waals surface area contributed by atoms with Gasteiger partial charge in [-0.15, -0.1) is 24.0 Å². The van der Waals surface area contributed by atoms with Crippen LogP contribution >= 0.6 is 24.0 Å². The second kappa shape index (κ2) is 10.5. The topological polar surface area (TPSA) is 73.0 Å². The van der Waals surface area contributed by atoms with Gasteiger partial charge in [0.25, 0.3) is 0 Å². The van der Waals surface area contributed by atoms with Crippen LogP contribution in [0.2, 0.25) is 0 Å². The molecule has 27 heavy (non-hydrogen) atoms. The highest BCUT2D eigenvalue weighted by atomic mass is 127. The Balaban J connectivity index is 0.00000364. The van der Waals surface area contributed by atoms with E-state index in [0.29, 0.717) is 44.3 Å². The van der Waals surface area contributed by atoms with E-state index in [1.54, 1.807) is 19.1 Å². The lowest BCUT2D eigenvalue weighted by atomic mass is 10.0. The van der Waals surface area contributed by atoms with Crippen molar-refractivity contribution in [3.05, 3.63) is 24.2 Å². The maximum atomic E-state index is 12.5. The first-order valence-electron chi connectivity index (χ1n) is 8.77. The molecule has 2 heterocycles. The number of nitrogens with one attached hydrogen (secondary N) is 2. The second-order valence-electron chi connectivity index (χ2n) is 6.83. The molecular weight excluding hydrogens is 476 g/mol. The molecule has 0 spiro atoms. The number of likely N-dealkylation sites (tertiary alicyclic amines) is 1. The van der Waals surface area contributed by atoms with Crippen LogP contribution in [0.25, 0.3) is 0 Å². The number of halogens is 4. The number of rotatable bonds is 7. The fraction of sp³-hybridized carbons (Fsp3) is 0.706. The summed E-state index contributed by atoms with van der Waals surface area (Å²) < 4.78 is 42.6. The van der Waals surface area contributed by atoms with E-state index in [4.69, 9.17) is 4.42 Å². The average molecular weight is 504 g/mol. The van der Waals surface area contributed by atoms with Crippen molar-refractivity contribution >= 4 is 29.9 Å². The Morgan fingerprint density at radius 3 is 2.74 bits per heavy atom. The maximum absolute atomic E-state index is 12.5. The lowest BCUT2D eigenvalue weighted by Crippen LogP contribution is -2.41. The lowest BCUT2D eigenvalue weighted by Gasteiger charge is -2.21. The second-order valence-corrected chi connectivity index (χ2v) is 6.83. The van der Waals surface area contributed by atoms with Crippen molar-refractivity contribution < 1.29 is 22.7 Å². The zero-order valence-electron chi connectivity index (χ0n) is 15.6. The Hall–Kier alpha value is -1.01. The summed E-state index contributed by atoms with van der Waals surface area (Å²) in [6, 6.07) is 3.38. The molecule has 156 valence electrons. The van der Waals surface area contributed by atoms with Crippen LogP contribution in [0.3, 0.4) is 0 Å². The van der Waals surface area contributed by atoms with Gasteiger partial charge in [-0.2, -0.15) is 13.2 Å². The van der Waals surface area contributed by atoms with Crippen LogP contribution in [0.15, 0.2) is 27.8 Å². The number of furan rings is 1. The molecule has 3 N–H and O–H groups in total. The van der Waals surface area contributed by atoms with Gasteiger partial charge in [-0.25, -0.2) is 4.99 Å². The molecule has 6 nitrogen and oxygen atoms in total. The molecule has 0 bridgehead atoms. The van der Waals surface area contributed by atoms with Crippen molar-refractivity contribution in [3.8, 4) is 0 Å². The van der Waals surface area contributed by atoms with Gasteiger partial charge in [-0.05, 0) is 44.9 Å². The first-order valence-corrected chi connectivity index (χ1v) is 8.77. The van der Waals surface area contributed by atoms with Crippen molar-refractivity contribution in [1.82, 2.24) is 15.5 Å². The summed E-state index contributed by atoms with van der Waals surface area (Å²) in [6.45, 7) is 4.81. The van der Waals surface area contributed by atoms with Crippen molar-refractivity contribution in [1.29, 1.82) is 0 Å². The average Bonchev–Trinajstić information content (AvgIpc) is 3.20. The molecule has 1 fully saturated rings. The minimum Gasteiger partial charge on any atom is -0.466 e. The molecular formula is C17H28F3IN4O2. The predicted octanol–water partition coefficient (Wildman–Crippen LogP) is 2.54. The van der Waals surface area contributed by atoms with Crippen LogP contribution in [-0.4, -0.2) is 61.4 Å². The molecule has 2 atom stereocenters. The highest BCUT2D eigenvalue weighted by Crippen LogP contribution is 2.23. The van der Waals surface area contributed by atoms with Crippen molar-refractivity contribution in [2.45, 2.75) is 32.0 Å². The van der Waals surface area contributed by atoms with E-state index in [0.717, 1.165) is 0 Å². The van der Waals surface area contributed by atoms with Crippen molar-refractivity contribution in [2.24, 2.45) is 10.9 Å². The van der Waals surface area contributed by atoms with Gasteiger partial charge in [-0.1, -0.05) is 0 Å². The Labute approximate surface area is 174 Å². The van der Waals surface area contributed by atoms with Gasteiger partial charge in [0.1, 0.15) is 11.4 Å². The summed E-state index contributed by atoms with van der Waals surface area (Å²) >= 11 is 0. The fourth-order valence-electron chi connectivity index (χ4n) is 2.96. The van der Waals surface area contributed by atoms with Crippen LogP contribution in [0.1, 0.15) is 26.0 Å². The molecule has 1 aromatic rings. The summed E-state index contributed by atoms with van der Waals surface area (Å²) in [6.07, 6.45) is -1.95. The van der Waals surface area contributed by atoms with Gasteiger partial charge in [0.05, 0.1) is 19.4 Å². The SMILES string of the molecule is CCNC(=NCC(C)(O)c1ccco1)NCC1CCN(CC(F)(F)F)C1.I. The van der Waals surface area contributed by atoms with E-state index in [2.05, 4.69) is 15.6 Å². The van der Waals surface area contributed by atoms with E-state index in [1.165, 1.54) is 11.2 Å². The predicted molar refractivity (Wildman–Crippen MR) is 108 cm³/mol. The smallest absolute Gasteiger partial charge is 0.401 e. The zero-order valence-corrected chi connectivity index (χ0v) is 17.9. The minimum atomic E-state index is -4.16. The summed E-state index contributed by atoms with van der Waals surface area (Å²) in [5.74, 6) is 1.08. The molecule has 1 aliphatic rings. The summed E-state index contributed by atoms with van der Waals surface area (Å²) in [7, 11) is 0. The quantitative estimate of drug-likeness (QED) is 0.303. The van der Waals surface area contributed by atoms with Gasteiger partial charge in [-0.3, -0.25) is 4.90 Å². The molecule has 0 amide bonds. The molecule has 10 heteroatoms. The van der Waals surface area contributed by atoms with Gasteiger partial charge in [0.15, 0.2) is 5.96 Å². The standard InChI is InChI=1S/C17H27F3N4O2.HI/c1-3-21-15(23-11-16(2,25)14-5-4-8-26-14)22-9-13-6-7-24(10-13)12-17(18,19)20;/h4-5,8,13,25H,3,6-7,9-12H2,1-2H3,(H2,21,22,23);1H. The third-order valence-corrected chi connectivity index (χ3v) is 4.27. The maximum Gasteiger partial charge on any atom is 0.401 e. The number of alkyl halides is 3.